The first-order valence-electron chi connectivity index (χ1n) is 7.07. The highest BCUT2D eigenvalue weighted by Crippen LogP contribution is 2.12. The van der Waals surface area contributed by atoms with Gasteiger partial charge in [0.1, 0.15) is 0 Å². The molecule has 1 amide bonds. The van der Waals surface area contributed by atoms with Crippen molar-refractivity contribution in [3.63, 3.8) is 0 Å². The molecule has 3 N–H and O–H groups in total. The second-order valence-electron chi connectivity index (χ2n) is 4.91. The van der Waals surface area contributed by atoms with Crippen LogP contribution in [0, 0.1) is 0 Å². The number of carbonyl (C=O) groups is 2. The van der Waals surface area contributed by atoms with Crippen molar-refractivity contribution in [1.82, 2.24) is 15.5 Å². The highest BCUT2D eigenvalue weighted by molar-refractivity contribution is 6.04. The van der Waals surface area contributed by atoms with Gasteiger partial charge in [0.2, 0.25) is 0 Å². The predicted molar refractivity (Wildman–Crippen MR) is 80.8 cm³/mol. The minimum atomic E-state index is -0.812. The monoisotopic (exact) mass is 303 g/mol. The molecule has 2 rings (SSSR count). The summed E-state index contributed by atoms with van der Waals surface area (Å²) in [7, 11) is 0. The van der Waals surface area contributed by atoms with Gasteiger partial charge in [0, 0.05) is 18.4 Å². The van der Waals surface area contributed by atoms with Crippen LogP contribution in [0.5, 0.6) is 0 Å². The number of aliphatic carboxylic acids is 1. The molecule has 1 aromatic heterocycles. The van der Waals surface area contributed by atoms with Crippen molar-refractivity contribution in [2.75, 3.05) is 6.54 Å². The Labute approximate surface area is 126 Å². The number of hydrogen-bond donors (Lipinski definition) is 3. The third-order valence-corrected chi connectivity index (χ3v) is 3.26. The van der Waals surface area contributed by atoms with Gasteiger partial charge in [0.25, 0.3) is 11.5 Å². The summed E-state index contributed by atoms with van der Waals surface area (Å²) in [4.78, 5) is 34.1. The zero-order valence-corrected chi connectivity index (χ0v) is 12.0. The van der Waals surface area contributed by atoms with E-state index in [0.29, 0.717) is 30.2 Å². The molecule has 0 atom stereocenters. The van der Waals surface area contributed by atoms with E-state index in [-0.39, 0.29) is 23.6 Å². The lowest BCUT2D eigenvalue weighted by Crippen LogP contribution is -2.27. The summed E-state index contributed by atoms with van der Waals surface area (Å²) >= 11 is 0. The minimum Gasteiger partial charge on any atom is -0.481 e. The van der Waals surface area contributed by atoms with E-state index in [0.717, 1.165) is 6.42 Å². The molecule has 0 fully saturated rings. The fraction of sp³-hybridized carbons (Fsp3) is 0.333. The average Bonchev–Trinajstić information content (AvgIpc) is 2.51. The number of H-pyrrole nitrogens is 1. The molecule has 1 aromatic carbocycles. The summed E-state index contributed by atoms with van der Waals surface area (Å²) in [6.45, 7) is 0.438. The maximum atomic E-state index is 12.1. The van der Waals surface area contributed by atoms with E-state index < -0.39 is 5.97 Å². The Morgan fingerprint density at radius 3 is 2.59 bits per heavy atom. The van der Waals surface area contributed by atoms with Crippen LogP contribution >= 0.6 is 0 Å². The molecular formula is C15H17N3O4. The molecule has 22 heavy (non-hydrogen) atoms. The van der Waals surface area contributed by atoms with E-state index >= 15 is 0 Å². The van der Waals surface area contributed by atoms with Crippen LogP contribution < -0.4 is 10.9 Å². The minimum absolute atomic E-state index is 0.139. The lowest BCUT2D eigenvalue weighted by Gasteiger charge is -2.06. The van der Waals surface area contributed by atoms with Gasteiger partial charge in [0.15, 0.2) is 5.69 Å². The summed E-state index contributed by atoms with van der Waals surface area (Å²) in [5.74, 6) is -1.17. The van der Waals surface area contributed by atoms with E-state index in [1.807, 2.05) is 0 Å². The molecule has 2 aromatic rings. The van der Waals surface area contributed by atoms with Gasteiger partial charge in [0.05, 0.1) is 5.39 Å². The van der Waals surface area contributed by atoms with Crippen LogP contribution in [0.25, 0.3) is 10.8 Å². The van der Waals surface area contributed by atoms with Gasteiger partial charge in [-0.1, -0.05) is 24.6 Å². The number of benzene rings is 1. The molecule has 0 unspecified atom stereocenters. The number of carboxylic acid groups (broad SMARTS) is 1. The largest absolute Gasteiger partial charge is 0.481 e. The lowest BCUT2D eigenvalue weighted by atomic mass is 10.1. The molecule has 0 saturated carbocycles. The van der Waals surface area contributed by atoms with Crippen LogP contribution in [0.15, 0.2) is 29.1 Å². The smallest absolute Gasteiger partial charge is 0.303 e. The van der Waals surface area contributed by atoms with Crippen LogP contribution in [0.4, 0.5) is 0 Å². The van der Waals surface area contributed by atoms with E-state index in [2.05, 4.69) is 15.5 Å². The summed E-state index contributed by atoms with van der Waals surface area (Å²) in [6, 6.07) is 6.78. The first-order chi connectivity index (χ1) is 10.6. The average molecular weight is 303 g/mol. The predicted octanol–water partition coefficient (Wildman–Crippen LogP) is 1.30. The summed E-state index contributed by atoms with van der Waals surface area (Å²) in [6.07, 6.45) is 2.15. The number of fused-ring (bicyclic) bond motifs is 1. The van der Waals surface area contributed by atoms with Crippen molar-refractivity contribution in [1.29, 1.82) is 0 Å². The van der Waals surface area contributed by atoms with Crippen LogP contribution in [0.1, 0.15) is 36.2 Å². The SMILES string of the molecule is O=C(O)CCCCCNC(=O)c1n[nH]c(=O)c2ccccc12. The molecular weight excluding hydrogens is 286 g/mol. The molecule has 0 aliphatic rings. The van der Waals surface area contributed by atoms with Crippen molar-refractivity contribution in [2.24, 2.45) is 0 Å². The number of rotatable bonds is 7. The molecule has 0 radical (unpaired) electrons. The molecule has 7 nitrogen and oxygen atoms in total. The molecule has 0 saturated heterocycles. The zero-order valence-electron chi connectivity index (χ0n) is 12.0. The molecule has 116 valence electrons. The van der Waals surface area contributed by atoms with Crippen LogP contribution in [0.2, 0.25) is 0 Å². The Morgan fingerprint density at radius 1 is 1.14 bits per heavy atom. The number of carbonyl (C=O) groups excluding carboxylic acids is 1. The van der Waals surface area contributed by atoms with Crippen molar-refractivity contribution in [3.8, 4) is 0 Å². The Bertz CT molecular complexity index is 739. The van der Waals surface area contributed by atoms with Gasteiger partial charge in [-0.25, -0.2) is 5.10 Å². The summed E-state index contributed by atoms with van der Waals surface area (Å²) in [5.41, 5.74) is -0.151. The Morgan fingerprint density at radius 2 is 1.86 bits per heavy atom. The highest BCUT2D eigenvalue weighted by atomic mass is 16.4. The van der Waals surface area contributed by atoms with Crippen LogP contribution in [-0.2, 0) is 4.79 Å². The maximum Gasteiger partial charge on any atom is 0.303 e. The van der Waals surface area contributed by atoms with E-state index in [9.17, 15) is 14.4 Å². The third kappa shape index (κ3) is 3.91. The quantitative estimate of drug-likeness (QED) is 0.667. The summed E-state index contributed by atoms with van der Waals surface area (Å²) < 4.78 is 0. The standard InChI is InChI=1S/C15H17N3O4/c19-12(20)8-2-1-5-9-16-15(22)13-10-6-3-4-7-11(10)14(21)18-17-13/h3-4,6-7H,1-2,5,8-9H2,(H,16,22)(H,18,21)(H,19,20). The van der Waals surface area contributed by atoms with Gasteiger partial charge in [-0.15, -0.1) is 0 Å². The Balaban J connectivity index is 1.95. The van der Waals surface area contributed by atoms with Gasteiger partial charge in [-0.05, 0) is 18.9 Å². The van der Waals surface area contributed by atoms with E-state index in [4.69, 9.17) is 5.11 Å². The van der Waals surface area contributed by atoms with E-state index in [1.165, 1.54) is 0 Å². The molecule has 1 heterocycles. The molecule has 0 aliphatic heterocycles. The number of carboxylic acids is 1. The zero-order chi connectivity index (χ0) is 15.9. The fourth-order valence-corrected chi connectivity index (χ4v) is 2.15. The van der Waals surface area contributed by atoms with E-state index in [1.54, 1.807) is 24.3 Å². The number of aromatic nitrogens is 2. The number of unbranched alkanes of at least 4 members (excludes halogenated alkanes) is 2. The second-order valence-corrected chi connectivity index (χ2v) is 4.91. The van der Waals surface area contributed by atoms with Crippen molar-refractivity contribution < 1.29 is 14.7 Å². The van der Waals surface area contributed by atoms with Crippen molar-refractivity contribution in [3.05, 3.63) is 40.3 Å². The maximum absolute atomic E-state index is 12.1. The van der Waals surface area contributed by atoms with Gasteiger partial charge >= 0.3 is 5.97 Å². The highest BCUT2D eigenvalue weighted by Gasteiger charge is 2.13. The molecule has 0 bridgehead atoms. The Kier molecular flexibility index (Phi) is 5.24. The first-order valence-corrected chi connectivity index (χ1v) is 7.07. The molecule has 0 spiro atoms. The third-order valence-electron chi connectivity index (χ3n) is 3.26. The van der Waals surface area contributed by atoms with Crippen LogP contribution in [0.3, 0.4) is 0 Å². The number of amides is 1. The number of nitrogens with one attached hydrogen (secondary N) is 2. The normalized spacial score (nSPS) is 10.5. The molecule has 7 heteroatoms. The van der Waals surface area contributed by atoms with Gasteiger partial charge in [-0.2, -0.15) is 5.10 Å². The topological polar surface area (TPSA) is 112 Å². The van der Waals surface area contributed by atoms with Crippen molar-refractivity contribution in [2.45, 2.75) is 25.7 Å². The lowest BCUT2D eigenvalue weighted by molar-refractivity contribution is -0.137. The van der Waals surface area contributed by atoms with Crippen molar-refractivity contribution >= 4 is 22.6 Å². The second kappa shape index (κ2) is 7.35. The number of nitrogens with zero attached hydrogens (tertiary/aromatic N) is 1. The Hall–Kier alpha value is -2.70. The number of aromatic amines is 1. The van der Waals surface area contributed by atoms with Gasteiger partial charge < -0.3 is 10.4 Å². The van der Waals surface area contributed by atoms with Crippen LogP contribution in [-0.4, -0.2) is 33.7 Å². The number of hydrogen-bond acceptors (Lipinski definition) is 4. The fourth-order valence-electron chi connectivity index (χ4n) is 2.15. The molecule has 0 aliphatic carbocycles. The first kappa shape index (κ1) is 15.7. The van der Waals surface area contributed by atoms with Gasteiger partial charge in [-0.3, -0.25) is 14.4 Å². The summed E-state index contributed by atoms with van der Waals surface area (Å²) in [5, 5.41) is 18.3.